The normalized spacial score (nSPS) is 27.5. The summed E-state index contributed by atoms with van der Waals surface area (Å²) in [4.78, 5) is 25.0. The van der Waals surface area contributed by atoms with Gasteiger partial charge in [-0.2, -0.15) is 0 Å². The first kappa shape index (κ1) is 13.4. The molecule has 1 heterocycles. The second kappa shape index (κ2) is 5.72. The van der Waals surface area contributed by atoms with Crippen molar-refractivity contribution in [1.82, 2.24) is 4.90 Å². The molecule has 1 aliphatic carbocycles. The first-order valence-corrected chi connectivity index (χ1v) is 7.14. The van der Waals surface area contributed by atoms with E-state index < -0.39 is 5.97 Å². The molecule has 1 N–H and O–H groups in total. The minimum absolute atomic E-state index is 0.151. The van der Waals surface area contributed by atoms with Crippen molar-refractivity contribution in [3.63, 3.8) is 0 Å². The van der Waals surface area contributed by atoms with Gasteiger partial charge >= 0.3 is 5.97 Å². The summed E-state index contributed by atoms with van der Waals surface area (Å²) in [7, 11) is 0. The number of hydrogen-bond acceptors (Lipinski definition) is 2. The second-order valence-corrected chi connectivity index (χ2v) is 5.70. The first-order chi connectivity index (χ1) is 8.63. The largest absolute Gasteiger partial charge is 0.481 e. The Labute approximate surface area is 108 Å². The average Bonchev–Trinajstić information content (AvgIpc) is 3.07. The number of amides is 1. The molecule has 4 nitrogen and oxygen atoms in total. The molecule has 1 saturated carbocycles. The lowest BCUT2D eigenvalue weighted by molar-refractivity contribution is -0.142. The van der Waals surface area contributed by atoms with Crippen molar-refractivity contribution in [2.45, 2.75) is 45.4 Å². The van der Waals surface area contributed by atoms with E-state index in [0.717, 1.165) is 32.1 Å². The maximum atomic E-state index is 12.0. The van der Waals surface area contributed by atoms with E-state index in [-0.39, 0.29) is 17.7 Å². The standard InChI is InChI=1S/C14H23NO3/c1-2-3-4-5-13(16)15-8-11(10-6-7-10)12(9-15)14(17)18/h10-12H,2-9H2,1H3,(H,17,18)/t11-,12+/m1/s1. The van der Waals surface area contributed by atoms with Crippen LogP contribution in [0.25, 0.3) is 0 Å². The lowest BCUT2D eigenvalue weighted by atomic mass is 9.92. The van der Waals surface area contributed by atoms with Crippen molar-refractivity contribution in [3.8, 4) is 0 Å². The smallest absolute Gasteiger partial charge is 0.308 e. The molecule has 0 unspecified atom stereocenters. The van der Waals surface area contributed by atoms with Gasteiger partial charge < -0.3 is 10.0 Å². The number of rotatable bonds is 6. The Bertz CT molecular complexity index is 325. The van der Waals surface area contributed by atoms with Crippen LogP contribution >= 0.6 is 0 Å². The molecular formula is C14H23NO3. The quantitative estimate of drug-likeness (QED) is 0.738. The third-order valence-corrected chi connectivity index (χ3v) is 4.26. The van der Waals surface area contributed by atoms with Crippen LogP contribution in [0.15, 0.2) is 0 Å². The number of nitrogens with zero attached hydrogens (tertiary/aromatic N) is 1. The van der Waals surface area contributed by atoms with Crippen molar-refractivity contribution >= 4 is 11.9 Å². The molecule has 0 aromatic carbocycles. The molecule has 18 heavy (non-hydrogen) atoms. The molecule has 4 heteroatoms. The average molecular weight is 253 g/mol. The number of likely N-dealkylation sites (tertiary alicyclic amines) is 1. The maximum absolute atomic E-state index is 12.0. The summed E-state index contributed by atoms with van der Waals surface area (Å²) in [5, 5.41) is 9.24. The van der Waals surface area contributed by atoms with E-state index in [1.54, 1.807) is 4.90 Å². The number of carbonyl (C=O) groups excluding carboxylic acids is 1. The summed E-state index contributed by atoms with van der Waals surface area (Å²) >= 11 is 0. The van der Waals surface area contributed by atoms with Crippen LogP contribution in [0, 0.1) is 17.8 Å². The van der Waals surface area contributed by atoms with Crippen LogP contribution in [-0.4, -0.2) is 35.0 Å². The molecule has 2 atom stereocenters. The van der Waals surface area contributed by atoms with E-state index in [9.17, 15) is 14.7 Å². The van der Waals surface area contributed by atoms with E-state index in [1.807, 2.05) is 0 Å². The zero-order valence-electron chi connectivity index (χ0n) is 11.1. The molecule has 0 aromatic rings. The van der Waals surface area contributed by atoms with Gasteiger partial charge in [0.05, 0.1) is 5.92 Å². The van der Waals surface area contributed by atoms with Gasteiger partial charge in [-0.25, -0.2) is 0 Å². The number of unbranched alkanes of at least 4 members (excludes halogenated alkanes) is 2. The third-order valence-electron chi connectivity index (χ3n) is 4.26. The molecule has 2 fully saturated rings. The summed E-state index contributed by atoms with van der Waals surface area (Å²) in [6.07, 6.45) is 5.98. The van der Waals surface area contributed by atoms with E-state index >= 15 is 0 Å². The highest BCUT2D eigenvalue weighted by Gasteiger charge is 2.46. The Morgan fingerprint density at radius 3 is 2.50 bits per heavy atom. The number of carbonyl (C=O) groups is 2. The zero-order valence-corrected chi connectivity index (χ0v) is 11.1. The highest BCUT2D eigenvalue weighted by atomic mass is 16.4. The fourth-order valence-electron chi connectivity index (χ4n) is 2.98. The van der Waals surface area contributed by atoms with E-state index in [4.69, 9.17) is 0 Å². The van der Waals surface area contributed by atoms with E-state index in [0.29, 0.717) is 25.4 Å². The molecule has 2 rings (SSSR count). The lowest BCUT2D eigenvalue weighted by Crippen LogP contribution is -2.29. The molecule has 0 aromatic heterocycles. The third kappa shape index (κ3) is 3.03. The molecule has 1 aliphatic heterocycles. The molecular weight excluding hydrogens is 230 g/mol. The van der Waals surface area contributed by atoms with Gasteiger partial charge in [-0.1, -0.05) is 19.8 Å². The van der Waals surface area contributed by atoms with Crippen LogP contribution in [-0.2, 0) is 9.59 Å². The molecule has 0 radical (unpaired) electrons. The Balaban J connectivity index is 1.87. The Kier molecular flexibility index (Phi) is 4.25. The van der Waals surface area contributed by atoms with E-state index in [2.05, 4.69) is 6.92 Å². The summed E-state index contributed by atoms with van der Waals surface area (Å²) < 4.78 is 0. The van der Waals surface area contributed by atoms with Crippen LogP contribution in [0.3, 0.4) is 0 Å². The van der Waals surface area contributed by atoms with Gasteiger partial charge in [0, 0.05) is 19.5 Å². The zero-order chi connectivity index (χ0) is 13.1. The monoisotopic (exact) mass is 253 g/mol. The maximum Gasteiger partial charge on any atom is 0.308 e. The van der Waals surface area contributed by atoms with Crippen molar-refractivity contribution in [1.29, 1.82) is 0 Å². The lowest BCUT2D eigenvalue weighted by Gasteiger charge is -2.16. The molecule has 0 bridgehead atoms. The number of carboxylic acids is 1. The summed E-state index contributed by atoms with van der Waals surface area (Å²) in [5.41, 5.74) is 0. The topological polar surface area (TPSA) is 57.6 Å². The van der Waals surface area contributed by atoms with Gasteiger partial charge in [-0.3, -0.25) is 9.59 Å². The summed E-state index contributed by atoms with van der Waals surface area (Å²) in [5.74, 6) is -0.140. The van der Waals surface area contributed by atoms with Gasteiger partial charge in [0.25, 0.3) is 0 Å². The van der Waals surface area contributed by atoms with Crippen molar-refractivity contribution in [2.24, 2.45) is 17.8 Å². The Hall–Kier alpha value is -1.06. The van der Waals surface area contributed by atoms with Crippen LogP contribution in [0.2, 0.25) is 0 Å². The highest BCUT2D eigenvalue weighted by molar-refractivity contribution is 5.79. The van der Waals surface area contributed by atoms with Crippen molar-refractivity contribution in [2.75, 3.05) is 13.1 Å². The predicted octanol–water partition coefficient (Wildman–Crippen LogP) is 2.14. The van der Waals surface area contributed by atoms with E-state index in [1.165, 1.54) is 0 Å². The fraction of sp³-hybridized carbons (Fsp3) is 0.857. The van der Waals surface area contributed by atoms with Gasteiger partial charge in [0.2, 0.25) is 5.91 Å². The van der Waals surface area contributed by atoms with Gasteiger partial charge in [-0.05, 0) is 31.1 Å². The minimum atomic E-state index is -0.726. The SMILES string of the molecule is CCCCCC(=O)N1C[C@H](C(=O)O)[C@@H](C2CC2)C1. The molecule has 0 spiro atoms. The first-order valence-electron chi connectivity index (χ1n) is 7.14. The van der Waals surface area contributed by atoms with Crippen LogP contribution in [0.4, 0.5) is 0 Å². The molecule has 1 amide bonds. The van der Waals surface area contributed by atoms with Crippen molar-refractivity contribution in [3.05, 3.63) is 0 Å². The highest BCUT2D eigenvalue weighted by Crippen LogP contribution is 2.44. The summed E-state index contributed by atoms with van der Waals surface area (Å²) in [6.45, 7) is 3.22. The molecule has 2 aliphatic rings. The van der Waals surface area contributed by atoms with Crippen molar-refractivity contribution < 1.29 is 14.7 Å². The van der Waals surface area contributed by atoms with Crippen LogP contribution in [0.5, 0.6) is 0 Å². The Morgan fingerprint density at radius 1 is 1.22 bits per heavy atom. The number of aliphatic carboxylic acids is 1. The van der Waals surface area contributed by atoms with Crippen LogP contribution < -0.4 is 0 Å². The second-order valence-electron chi connectivity index (χ2n) is 5.70. The van der Waals surface area contributed by atoms with Crippen LogP contribution in [0.1, 0.15) is 45.4 Å². The molecule has 102 valence electrons. The van der Waals surface area contributed by atoms with Gasteiger partial charge in [-0.15, -0.1) is 0 Å². The number of carboxylic acid groups (broad SMARTS) is 1. The molecule has 1 saturated heterocycles. The number of hydrogen-bond donors (Lipinski definition) is 1. The fourth-order valence-corrected chi connectivity index (χ4v) is 2.98. The van der Waals surface area contributed by atoms with Gasteiger partial charge in [0.15, 0.2) is 0 Å². The Morgan fingerprint density at radius 2 is 1.94 bits per heavy atom. The van der Waals surface area contributed by atoms with Gasteiger partial charge in [0.1, 0.15) is 0 Å². The summed E-state index contributed by atoms with van der Waals surface area (Å²) in [6, 6.07) is 0. The predicted molar refractivity (Wildman–Crippen MR) is 68.1 cm³/mol. The minimum Gasteiger partial charge on any atom is -0.481 e.